The van der Waals surface area contributed by atoms with Crippen LogP contribution in [0.25, 0.3) is 0 Å². The van der Waals surface area contributed by atoms with Gasteiger partial charge in [-0.2, -0.15) is 0 Å². The molecule has 1 aromatic heterocycles. The minimum Gasteiger partial charge on any atom is -0.507 e. The second kappa shape index (κ2) is 4.18. The van der Waals surface area contributed by atoms with Gasteiger partial charge in [-0.25, -0.2) is 0 Å². The van der Waals surface area contributed by atoms with Gasteiger partial charge < -0.3 is 15.2 Å². The molecule has 0 spiro atoms. The monoisotopic (exact) mass is 225 g/mol. The maximum atomic E-state index is 11.4. The molecular formula is C10H11NO5. The number of hydrogen-bond donors (Lipinski definition) is 3. The summed E-state index contributed by atoms with van der Waals surface area (Å²) >= 11 is 0. The zero-order valence-corrected chi connectivity index (χ0v) is 8.77. The maximum absolute atomic E-state index is 11.4. The Kier molecular flexibility index (Phi) is 3.12. The van der Waals surface area contributed by atoms with E-state index in [1.165, 1.54) is 6.92 Å². The van der Waals surface area contributed by atoms with E-state index in [0.717, 1.165) is 13.0 Å². The number of carbonyl (C=O) groups is 2. The highest BCUT2D eigenvalue weighted by atomic mass is 16.4. The normalized spacial score (nSPS) is 12.1. The largest absolute Gasteiger partial charge is 0.507 e. The number of aliphatic carboxylic acids is 1. The third-order valence-corrected chi connectivity index (χ3v) is 2.22. The molecule has 1 heterocycles. The summed E-state index contributed by atoms with van der Waals surface area (Å²) in [4.78, 5) is 35.3. The number of H-pyrrole nitrogens is 1. The van der Waals surface area contributed by atoms with Crippen LogP contribution in [0.4, 0.5) is 0 Å². The molecule has 0 aliphatic rings. The Balaban J connectivity index is 3.36. The van der Waals surface area contributed by atoms with Crippen molar-refractivity contribution < 1.29 is 19.8 Å². The summed E-state index contributed by atoms with van der Waals surface area (Å²) in [6, 6.07) is 1.08. The lowest BCUT2D eigenvalue weighted by Gasteiger charge is -2.08. The third kappa shape index (κ3) is 2.10. The van der Waals surface area contributed by atoms with Crippen molar-refractivity contribution in [2.24, 2.45) is 0 Å². The number of ketones is 1. The summed E-state index contributed by atoms with van der Waals surface area (Å²) in [6.45, 7) is 2.51. The molecule has 6 heteroatoms. The molecule has 1 rings (SSSR count). The Labute approximate surface area is 90.5 Å². The van der Waals surface area contributed by atoms with Crippen LogP contribution in [0, 0.1) is 0 Å². The fraction of sp³-hybridized carbons (Fsp3) is 0.300. The zero-order valence-electron chi connectivity index (χ0n) is 8.77. The summed E-state index contributed by atoms with van der Waals surface area (Å²) < 4.78 is 0. The number of carbonyl (C=O) groups excluding carboxylic acids is 1. The number of pyridine rings is 1. The maximum Gasteiger partial charge on any atom is 0.312 e. The van der Waals surface area contributed by atoms with E-state index in [9.17, 15) is 19.5 Å². The van der Waals surface area contributed by atoms with Crippen molar-refractivity contribution in [1.29, 1.82) is 0 Å². The summed E-state index contributed by atoms with van der Waals surface area (Å²) in [6.07, 6.45) is 0. The first-order chi connectivity index (χ1) is 7.34. The molecule has 86 valence electrons. The molecule has 0 saturated heterocycles. The van der Waals surface area contributed by atoms with Crippen molar-refractivity contribution >= 4 is 11.8 Å². The number of nitrogens with one attached hydrogen (secondary N) is 1. The van der Waals surface area contributed by atoms with Gasteiger partial charge in [0.15, 0.2) is 5.78 Å². The molecule has 16 heavy (non-hydrogen) atoms. The molecule has 0 saturated carbocycles. The number of carboxylic acid groups (broad SMARTS) is 1. The number of aromatic amines is 1. The Morgan fingerprint density at radius 1 is 1.44 bits per heavy atom. The fourth-order valence-electron chi connectivity index (χ4n) is 1.27. The van der Waals surface area contributed by atoms with Gasteiger partial charge >= 0.3 is 5.97 Å². The minimum atomic E-state index is -1.13. The highest BCUT2D eigenvalue weighted by molar-refractivity contribution is 5.96. The lowest BCUT2D eigenvalue weighted by Crippen LogP contribution is -2.20. The van der Waals surface area contributed by atoms with E-state index < -0.39 is 29.0 Å². The van der Waals surface area contributed by atoms with E-state index in [4.69, 9.17) is 5.11 Å². The lowest BCUT2D eigenvalue weighted by atomic mass is 10.1. The summed E-state index contributed by atoms with van der Waals surface area (Å²) in [7, 11) is 0. The number of Topliss-reactive ketones (excluding diaryl/α,β-unsaturated/α-hetero) is 1. The van der Waals surface area contributed by atoms with Crippen molar-refractivity contribution in [3.8, 4) is 5.75 Å². The Morgan fingerprint density at radius 3 is 2.38 bits per heavy atom. The van der Waals surface area contributed by atoms with Crippen LogP contribution in [0.1, 0.15) is 35.8 Å². The van der Waals surface area contributed by atoms with Crippen molar-refractivity contribution in [3.05, 3.63) is 27.7 Å². The van der Waals surface area contributed by atoms with Gasteiger partial charge in [-0.05, 0) is 13.8 Å². The molecule has 6 nitrogen and oxygen atoms in total. The molecule has 3 N–H and O–H groups in total. The average molecular weight is 225 g/mol. The first-order valence-electron chi connectivity index (χ1n) is 4.54. The summed E-state index contributed by atoms with van der Waals surface area (Å²) in [5.41, 5.74) is -1.09. The minimum absolute atomic E-state index is 0.0556. The molecule has 0 radical (unpaired) electrons. The van der Waals surface area contributed by atoms with Crippen molar-refractivity contribution in [3.63, 3.8) is 0 Å². The number of aromatic nitrogens is 1. The van der Waals surface area contributed by atoms with Gasteiger partial charge in [0.25, 0.3) is 5.56 Å². The molecule has 0 amide bonds. The first-order valence-corrected chi connectivity index (χ1v) is 4.54. The van der Waals surface area contributed by atoms with Gasteiger partial charge in [0.05, 0.1) is 5.92 Å². The lowest BCUT2D eigenvalue weighted by molar-refractivity contribution is -0.138. The van der Waals surface area contributed by atoms with E-state index in [1.54, 1.807) is 0 Å². The standard InChI is InChI=1S/C10H11NO5/c1-4(10(15)16)6-3-7(13)8(5(2)12)9(14)11-6/h3-4H,1-2H3,(H,15,16)(H2,11,13,14). The summed E-state index contributed by atoms with van der Waals surface area (Å²) in [5.74, 6) is -3.17. The molecule has 0 bridgehead atoms. The van der Waals surface area contributed by atoms with E-state index in [-0.39, 0.29) is 11.3 Å². The van der Waals surface area contributed by atoms with Crippen LogP contribution in [0.15, 0.2) is 10.9 Å². The molecule has 0 aromatic carbocycles. The van der Waals surface area contributed by atoms with E-state index in [0.29, 0.717) is 0 Å². The van der Waals surface area contributed by atoms with Crippen molar-refractivity contribution in [1.82, 2.24) is 4.98 Å². The van der Waals surface area contributed by atoms with E-state index in [2.05, 4.69) is 4.98 Å². The zero-order chi connectivity index (χ0) is 12.5. The van der Waals surface area contributed by atoms with E-state index in [1.807, 2.05) is 0 Å². The van der Waals surface area contributed by atoms with Gasteiger partial charge in [0.2, 0.25) is 0 Å². The molecule has 0 fully saturated rings. The predicted molar refractivity (Wildman–Crippen MR) is 54.8 cm³/mol. The van der Waals surface area contributed by atoms with Crippen LogP contribution in [0.5, 0.6) is 5.75 Å². The first kappa shape index (κ1) is 12.0. The Morgan fingerprint density at radius 2 is 2.00 bits per heavy atom. The fourth-order valence-corrected chi connectivity index (χ4v) is 1.27. The highest BCUT2D eigenvalue weighted by Crippen LogP contribution is 2.19. The van der Waals surface area contributed by atoms with Crippen LogP contribution < -0.4 is 5.56 Å². The van der Waals surface area contributed by atoms with E-state index >= 15 is 0 Å². The molecule has 1 aromatic rings. The van der Waals surface area contributed by atoms with Crippen LogP contribution in [0.3, 0.4) is 0 Å². The number of aromatic hydroxyl groups is 1. The molecule has 1 atom stereocenters. The average Bonchev–Trinajstić information content (AvgIpc) is 2.14. The number of carboxylic acids is 1. The highest BCUT2D eigenvalue weighted by Gasteiger charge is 2.19. The van der Waals surface area contributed by atoms with Crippen molar-refractivity contribution in [2.75, 3.05) is 0 Å². The van der Waals surface area contributed by atoms with Crippen LogP contribution in [-0.2, 0) is 4.79 Å². The molecule has 0 aliphatic heterocycles. The second-order valence-corrected chi connectivity index (χ2v) is 3.43. The van der Waals surface area contributed by atoms with Crippen LogP contribution in [0.2, 0.25) is 0 Å². The smallest absolute Gasteiger partial charge is 0.312 e. The van der Waals surface area contributed by atoms with Gasteiger partial charge in [-0.3, -0.25) is 14.4 Å². The Hall–Kier alpha value is -2.11. The predicted octanol–water partition coefficient (Wildman–Crippen LogP) is 0.471. The third-order valence-electron chi connectivity index (χ3n) is 2.22. The summed E-state index contributed by atoms with van der Waals surface area (Å²) in [5, 5.41) is 18.2. The number of hydrogen-bond acceptors (Lipinski definition) is 4. The molecule has 0 aliphatic carbocycles. The van der Waals surface area contributed by atoms with Crippen LogP contribution in [-0.4, -0.2) is 26.9 Å². The Bertz CT molecular complexity index is 502. The SMILES string of the molecule is CC(=O)c1c(O)cc(C(C)C(=O)O)[nH]c1=O. The van der Waals surface area contributed by atoms with Gasteiger partial charge in [0.1, 0.15) is 11.3 Å². The molecule has 1 unspecified atom stereocenters. The quantitative estimate of drug-likeness (QED) is 0.648. The van der Waals surface area contributed by atoms with Crippen LogP contribution >= 0.6 is 0 Å². The van der Waals surface area contributed by atoms with Crippen molar-refractivity contribution in [2.45, 2.75) is 19.8 Å². The second-order valence-electron chi connectivity index (χ2n) is 3.43. The molecular weight excluding hydrogens is 214 g/mol. The topological polar surface area (TPSA) is 107 Å². The number of rotatable bonds is 3. The van der Waals surface area contributed by atoms with Gasteiger partial charge in [-0.15, -0.1) is 0 Å². The van der Waals surface area contributed by atoms with Gasteiger partial charge in [-0.1, -0.05) is 0 Å². The van der Waals surface area contributed by atoms with Gasteiger partial charge in [0, 0.05) is 11.8 Å².